The van der Waals surface area contributed by atoms with Gasteiger partial charge in [0.15, 0.2) is 0 Å². The van der Waals surface area contributed by atoms with Gasteiger partial charge in [-0.2, -0.15) is 0 Å². The van der Waals surface area contributed by atoms with E-state index in [-0.39, 0.29) is 4.90 Å². The van der Waals surface area contributed by atoms with Crippen LogP contribution in [0.3, 0.4) is 0 Å². The highest BCUT2D eigenvalue weighted by molar-refractivity contribution is 9.10. The normalized spacial score (nSPS) is 11.3. The number of anilines is 1. The summed E-state index contributed by atoms with van der Waals surface area (Å²) in [5.41, 5.74) is 1.54. The maximum absolute atomic E-state index is 11.4. The largest absolute Gasteiger partial charge is 0.380 e. The molecule has 6 heteroatoms. The molecule has 2 rings (SSSR count). The average molecular weight is 341 g/mol. The molecule has 2 aromatic rings. The van der Waals surface area contributed by atoms with Gasteiger partial charge < -0.3 is 5.32 Å². The third-order valence-electron chi connectivity index (χ3n) is 2.57. The van der Waals surface area contributed by atoms with Crippen LogP contribution in [0.5, 0.6) is 0 Å². The maximum atomic E-state index is 11.4. The van der Waals surface area contributed by atoms with E-state index in [0.717, 1.165) is 10.0 Å². The first-order chi connectivity index (χ1) is 8.97. The van der Waals surface area contributed by atoms with Crippen molar-refractivity contribution in [3.63, 3.8) is 0 Å². The van der Waals surface area contributed by atoms with E-state index in [1.165, 1.54) is 6.07 Å². The van der Waals surface area contributed by atoms with E-state index in [9.17, 15) is 8.42 Å². The Balaban J connectivity index is 2.21. The Bertz CT molecular complexity index is 687. The molecular formula is C13H13BrN2O2S. The van der Waals surface area contributed by atoms with Crippen LogP contribution in [-0.2, 0) is 16.6 Å². The molecule has 3 N–H and O–H groups in total. The van der Waals surface area contributed by atoms with Gasteiger partial charge in [0.2, 0.25) is 10.0 Å². The van der Waals surface area contributed by atoms with Crippen LogP contribution in [0.4, 0.5) is 5.69 Å². The van der Waals surface area contributed by atoms with Crippen LogP contribution in [0, 0.1) is 0 Å². The van der Waals surface area contributed by atoms with Crippen LogP contribution < -0.4 is 10.5 Å². The van der Waals surface area contributed by atoms with Crippen LogP contribution in [-0.4, -0.2) is 8.42 Å². The second-order valence-electron chi connectivity index (χ2n) is 4.02. The standard InChI is InChI=1S/C13H13BrN2O2S/c14-11-5-3-4-10(8-11)9-16-12-6-1-2-7-13(12)19(15,17)18/h1-8,16H,9H2,(H2,15,17,18). The van der Waals surface area contributed by atoms with Gasteiger partial charge in [-0.05, 0) is 29.8 Å². The summed E-state index contributed by atoms with van der Waals surface area (Å²) >= 11 is 3.39. The summed E-state index contributed by atoms with van der Waals surface area (Å²) in [7, 11) is -3.72. The number of primary sulfonamides is 1. The zero-order valence-corrected chi connectivity index (χ0v) is 12.4. The fourth-order valence-electron chi connectivity index (χ4n) is 1.71. The molecule has 0 heterocycles. The molecule has 0 aliphatic heterocycles. The third-order valence-corrected chi connectivity index (χ3v) is 4.03. The van der Waals surface area contributed by atoms with Crippen molar-refractivity contribution in [1.82, 2.24) is 0 Å². The van der Waals surface area contributed by atoms with Crippen LogP contribution in [0.25, 0.3) is 0 Å². The molecule has 0 radical (unpaired) electrons. The van der Waals surface area contributed by atoms with Crippen molar-refractivity contribution in [3.8, 4) is 0 Å². The van der Waals surface area contributed by atoms with Gasteiger partial charge in [0.25, 0.3) is 0 Å². The number of sulfonamides is 1. The van der Waals surface area contributed by atoms with E-state index in [0.29, 0.717) is 12.2 Å². The van der Waals surface area contributed by atoms with Gasteiger partial charge in [0.1, 0.15) is 4.90 Å². The third kappa shape index (κ3) is 3.79. The van der Waals surface area contributed by atoms with Gasteiger partial charge in [0.05, 0.1) is 5.69 Å². The van der Waals surface area contributed by atoms with Crippen molar-refractivity contribution in [2.24, 2.45) is 5.14 Å². The number of rotatable bonds is 4. The summed E-state index contributed by atoms with van der Waals surface area (Å²) in [6, 6.07) is 14.4. The number of nitrogens with one attached hydrogen (secondary N) is 1. The van der Waals surface area contributed by atoms with E-state index in [4.69, 9.17) is 5.14 Å². The highest BCUT2D eigenvalue weighted by Crippen LogP contribution is 2.20. The van der Waals surface area contributed by atoms with Crippen LogP contribution >= 0.6 is 15.9 Å². The number of para-hydroxylation sites is 1. The molecule has 0 saturated carbocycles. The van der Waals surface area contributed by atoms with Crippen molar-refractivity contribution in [2.75, 3.05) is 5.32 Å². The quantitative estimate of drug-likeness (QED) is 0.898. The van der Waals surface area contributed by atoms with Gasteiger partial charge in [-0.25, -0.2) is 13.6 Å². The number of halogens is 1. The van der Waals surface area contributed by atoms with Crippen molar-refractivity contribution in [1.29, 1.82) is 0 Å². The van der Waals surface area contributed by atoms with Crippen molar-refractivity contribution >= 4 is 31.6 Å². The summed E-state index contributed by atoms with van der Waals surface area (Å²) in [5, 5.41) is 8.26. The first-order valence-corrected chi connectivity index (χ1v) is 7.91. The highest BCUT2D eigenvalue weighted by Gasteiger charge is 2.12. The fourth-order valence-corrected chi connectivity index (χ4v) is 2.87. The lowest BCUT2D eigenvalue weighted by Gasteiger charge is -2.10. The predicted molar refractivity (Wildman–Crippen MR) is 79.3 cm³/mol. The summed E-state index contributed by atoms with van der Waals surface area (Å²) in [4.78, 5) is 0.102. The lowest BCUT2D eigenvalue weighted by molar-refractivity contribution is 0.598. The Labute approximate surface area is 120 Å². The minimum absolute atomic E-state index is 0.102. The van der Waals surface area contributed by atoms with Crippen LogP contribution in [0.2, 0.25) is 0 Å². The zero-order chi connectivity index (χ0) is 13.9. The lowest BCUT2D eigenvalue weighted by Crippen LogP contribution is -2.15. The molecule has 4 nitrogen and oxygen atoms in total. The summed E-state index contributed by atoms with van der Waals surface area (Å²) in [6.07, 6.45) is 0. The molecule has 19 heavy (non-hydrogen) atoms. The molecule has 0 unspecified atom stereocenters. The van der Waals surface area contributed by atoms with Crippen molar-refractivity contribution in [3.05, 3.63) is 58.6 Å². The molecule has 0 saturated heterocycles. The molecule has 0 aromatic heterocycles. The molecule has 100 valence electrons. The Kier molecular flexibility index (Phi) is 4.24. The van der Waals surface area contributed by atoms with E-state index < -0.39 is 10.0 Å². The van der Waals surface area contributed by atoms with Gasteiger partial charge in [0, 0.05) is 11.0 Å². The Morgan fingerprint density at radius 3 is 2.53 bits per heavy atom. The minimum Gasteiger partial charge on any atom is -0.380 e. The summed E-state index contributed by atoms with van der Waals surface area (Å²) in [6.45, 7) is 0.520. The summed E-state index contributed by atoms with van der Waals surface area (Å²) < 4.78 is 23.9. The van der Waals surface area contributed by atoms with E-state index in [1.807, 2.05) is 24.3 Å². The monoisotopic (exact) mass is 340 g/mol. The first-order valence-electron chi connectivity index (χ1n) is 5.57. The van der Waals surface area contributed by atoms with Gasteiger partial charge >= 0.3 is 0 Å². The summed E-state index contributed by atoms with van der Waals surface area (Å²) in [5.74, 6) is 0. The Morgan fingerprint density at radius 1 is 1.11 bits per heavy atom. The fraction of sp³-hybridized carbons (Fsp3) is 0.0769. The second-order valence-corrected chi connectivity index (χ2v) is 6.47. The van der Waals surface area contributed by atoms with Gasteiger partial charge in [-0.15, -0.1) is 0 Å². The van der Waals surface area contributed by atoms with Crippen LogP contribution in [0.15, 0.2) is 57.9 Å². The molecular weight excluding hydrogens is 328 g/mol. The molecule has 0 atom stereocenters. The van der Waals surface area contributed by atoms with Gasteiger partial charge in [-0.3, -0.25) is 0 Å². The molecule has 0 fully saturated rings. The van der Waals surface area contributed by atoms with Crippen molar-refractivity contribution < 1.29 is 8.42 Å². The Hall–Kier alpha value is -1.37. The average Bonchev–Trinajstić information content (AvgIpc) is 2.36. The molecule has 2 aromatic carbocycles. The number of hydrogen-bond donors (Lipinski definition) is 2. The molecule has 0 aliphatic carbocycles. The zero-order valence-electron chi connectivity index (χ0n) is 10.0. The molecule has 0 bridgehead atoms. The number of benzene rings is 2. The van der Waals surface area contributed by atoms with E-state index in [2.05, 4.69) is 21.2 Å². The molecule has 0 amide bonds. The maximum Gasteiger partial charge on any atom is 0.240 e. The molecule has 0 spiro atoms. The number of hydrogen-bond acceptors (Lipinski definition) is 3. The van der Waals surface area contributed by atoms with Gasteiger partial charge in [-0.1, -0.05) is 40.2 Å². The van der Waals surface area contributed by atoms with E-state index in [1.54, 1.807) is 18.2 Å². The van der Waals surface area contributed by atoms with Crippen molar-refractivity contribution in [2.45, 2.75) is 11.4 Å². The predicted octanol–water partition coefficient (Wildman–Crippen LogP) is 2.71. The van der Waals surface area contributed by atoms with Crippen LogP contribution in [0.1, 0.15) is 5.56 Å². The highest BCUT2D eigenvalue weighted by atomic mass is 79.9. The van der Waals surface area contributed by atoms with E-state index >= 15 is 0 Å². The number of nitrogens with two attached hydrogens (primary N) is 1. The minimum atomic E-state index is -3.72. The first kappa shape index (κ1) is 14.0. The smallest absolute Gasteiger partial charge is 0.240 e. The molecule has 0 aliphatic rings. The SMILES string of the molecule is NS(=O)(=O)c1ccccc1NCc1cccc(Br)c1. The Morgan fingerprint density at radius 2 is 1.84 bits per heavy atom. The lowest BCUT2D eigenvalue weighted by atomic mass is 10.2. The second kappa shape index (κ2) is 5.73. The topological polar surface area (TPSA) is 72.2 Å².